The molecule has 0 amide bonds. The molecule has 3 N–H and O–H groups in total. The van der Waals surface area contributed by atoms with Gasteiger partial charge in [0.15, 0.2) is 11.6 Å². The number of hydrogen-bond acceptors (Lipinski definition) is 6. The molecule has 1 aromatic heterocycles. The molecule has 3 aromatic rings. The molecule has 6 nitrogen and oxygen atoms in total. The van der Waals surface area contributed by atoms with Gasteiger partial charge in [-0.2, -0.15) is 0 Å². The Balaban J connectivity index is 1.64. The summed E-state index contributed by atoms with van der Waals surface area (Å²) in [6.45, 7) is -2.57. The number of alkyl halides is 2. The Morgan fingerprint density at radius 1 is 1.22 bits per heavy atom. The van der Waals surface area contributed by atoms with Gasteiger partial charge in [0.05, 0.1) is 38.0 Å². The standard InChI is InChI=1S/C27H29F4N3O3/c1-37-25-11-20(28)18(10-21(25)29)23-9-17(15-35)24(13-33-23)34-8-7-22(19(14-34)26(36)27(30)31)32-12-16-5-3-2-4-6-16/h2-6,9-11,13,19,22,26-27,32,35-36H,7-8,12,14-15H2,1H3/t19?,22-,26+/m1/s1/i1D3,15D2. The van der Waals surface area contributed by atoms with Crippen LogP contribution in [0, 0.1) is 17.6 Å². The van der Waals surface area contributed by atoms with Crippen LogP contribution in [0.1, 0.15) is 24.4 Å². The lowest BCUT2D eigenvalue weighted by molar-refractivity contribution is -0.0497. The SMILES string of the molecule is [2H]C([2H])([2H])Oc1cc(F)c(-c2cc(C([2H])([2H])O)c(N3CC[C@@H](NCc4ccccc4)C([C@H](O)C(F)F)C3)cn2)cc1F. The Hall–Kier alpha value is -3.21. The van der Waals surface area contributed by atoms with Crippen LogP contribution in [-0.2, 0) is 13.1 Å². The fourth-order valence-electron chi connectivity index (χ4n) is 4.57. The molecule has 0 spiro atoms. The van der Waals surface area contributed by atoms with Gasteiger partial charge in [-0.05, 0) is 24.1 Å². The molecule has 4 rings (SSSR count). The third-order valence-electron chi connectivity index (χ3n) is 6.52. The highest BCUT2D eigenvalue weighted by Gasteiger charge is 2.38. The molecule has 0 bridgehead atoms. The number of piperidine rings is 1. The van der Waals surface area contributed by atoms with Gasteiger partial charge in [-0.15, -0.1) is 0 Å². The number of hydrogen-bond donors (Lipinski definition) is 3. The Kier molecular flexibility index (Phi) is 6.69. The summed E-state index contributed by atoms with van der Waals surface area (Å²) in [5, 5.41) is 23.9. The van der Waals surface area contributed by atoms with Gasteiger partial charge in [0.1, 0.15) is 11.9 Å². The number of ether oxygens (including phenoxy) is 1. The predicted molar refractivity (Wildman–Crippen MR) is 131 cm³/mol. The van der Waals surface area contributed by atoms with Crippen molar-refractivity contribution in [2.24, 2.45) is 5.92 Å². The van der Waals surface area contributed by atoms with Crippen LogP contribution < -0.4 is 15.0 Å². The van der Waals surface area contributed by atoms with Gasteiger partial charge in [-0.3, -0.25) is 4.98 Å². The van der Waals surface area contributed by atoms with Gasteiger partial charge in [0.2, 0.25) is 0 Å². The Labute approximate surface area is 219 Å². The van der Waals surface area contributed by atoms with E-state index in [2.05, 4.69) is 15.0 Å². The molecule has 0 radical (unpaired) electrons. The van der Waals surface area contributed by atoms with Crippen LogP contribution in [0.2, 0.25) is 0 Å². The largest absolute Gasteiger partial charge is 0.494 e. The number of anilines is 1. The predicted octanol–water partition coefficient (Wildman–Crippen LogP) is 4.14. The molecule has 2 aromatic carbocycles. The first-order chi connectivity index (χ1) is 19.6. The van der Waals surface area contributed by atoms with E-state index in [1.807, 2.05) is 30.3 Å². The number of aliphatic hydroxyl groups excluding tert-OH is 1. The van der Waals surface area contributed by atoms with Crippen molar-refractivity contribution in [3.05, 3.63) is 77.5 Å². The van der Waals surface area contributed by atoms with Crippen LogP contribution in [0.25, 0.3) is 11.3 Å². The summed E-state index contributed by atoms with van der Waals surface area (Å²) in [5.74, 6) is -4.18. The minimum Gasteiger partial charge on any atom is -0.494 e. The first-order valence-electron chi connectivity index (χ1n) is 14.0. The quantitative estimate of drug-likeness (QED) is 0.366. The van der Waals surface area contributed by atoms with Crippen LogP contribution >= 0.6 is 0 Å². The second-order valence-electron chi connectivity index (χ2n) is 8.76. The van der Waals surface area contributed by atoms with Crippen molar-refractivity contribution in [2.75, 3.05) is 25.0 Å². The first kappa shape index (κ1) is 20.8. The molecule has 1 fully saturated rings. The van der Waals surface area contributed by atoms with E-state index in [-0.39, 0.29) is 30.9 Å². The summed E-state index contributed by atoms with van der Waals surface area (Å²) in [7, 11) is -3.03. The number of nitrogens with zero attached hydrogens (tertiary/aromatic N) is 2. The monoisotopic (exact) mass is 524 g/mol. The van der Waals surface area contributed by atoms with Gasteiger partial charge >= 0.3 is 0 Å². The first-order valence-corrected chi connectivity index (χ1v) is 11.5. The number of halogens is 4. The highest BCUT2D eigenvalue weighted by Crippen LogP contribution is 2.33. The lowest BCUT2D eigenvalue weighted by Gasteiger charge is -2.42. The average Bonchev–Trinajstić information content (AvgIpc) is 2.92. The highest BCUT2D eigenvalue weighted by atomic mass is 19.3. The van der Waals surface area contributed by atoms with E-state index >= 15 is 0 Å². The van der Waals surface area contributed by atoms with Crippen LogP contribution in [-0.4, -0.2) is 53.9 Å². The highest BCUT2D eigenvalue weighted by molar-refractivity contribution is 5.66. The molecule has 10 heteroatoms. The zero-order chi connectivity index (χ0) is 30.8. The lowest BCUT2D eigenvalue weighted by atomic mass is 9.86. The van der Waals surface area contributed by atoms with Crippen molar-refractivity contribution in [2.45, 2.75) is 38.1 Å². The number of methoxy groups -OCH3 is 1. The molecule has 0 aliphatic carbocycles. The minimum atomic E-state index is -3.05. The van der Waals surface area contributed by atoms with Crippen LogP contribution in [0.15, 0.2) is 54.7 Å². The summed E-state index contributed by atoms with van der Waals surface area (Å²) >= 11 is 0. The fourth-order valence-corrected chi connectivity index (χ4v) is 4.57. The fraction of sp³-hybridized carbons (Fsp3) is 0.370. The van der Waals surface area contributed by atoms with Gasteiger partial charge in [0.25, 0.3) is 6.43 Å². The Bertz CT molecular complexity index is 1380. The van der Waals surface area contributed by atoms with Crippen LogP contribution in [0.3, 0.4) is 0 Å². The molecular weight excluding hydrogens is 490 g/mol. The van der Waals surface area contributed by atoms with Crippen molar-refractivity contribution in [3.63, 3.8) is 0 Å². The van der Waals surface area contributed by atoms with E-state index in [0.717, 1.165) is 17.8 Å². The maximum Gasteiger partial charge on any atom is 0.264 e. The number of aliphatic hydroxyl groups is 2. The van der Waals surface area contributed by atoms with Crippen molar-refractivity contribution < 1.29 is 39.4 Å². The van der Waals surface area contributed by atoms with Gasteiger partial charge < -0.3 is 25.2 Å². The molecule has 198 valence electrons. The third-order valence-corrected chi connectivity index (χ3v) is 6.52. The summed E-state index contributed by atoms with van der Waals surface area (Å²) in [6, 6.07) is 10.9. The molecule has 3 atom stereocenters. The normalized spacial score (nSPS) is 21.5. The van der Waals surface area contributed by atoms with Crippen molar-refractivity contribution in [1.82, 2.24) is 10.3 Å². The van der Waals surface area contributed by atoms with Crippen molar-refractivity contribution in [3.8, 4) is 17.0 Å². The number of benzene rings is 2. The van der Waals surface area contributed by atoms with Gasteiger partial charge in [0, 0.05) is 48.8 Å². The van der Waals surface area contributed by atoms with E-state index in [0.29, 0.717) is 18.7 Å². The number of aromatic nitrogens is 1. The molecular formula is C27H29F4N3O3. The second kappa shape index (κ2) is 11.9. The molecule has 1 aliphatic heterocycles. The summed E-state index contributed by atoms with van der Waals surface area (Å²) in [6.07, 6.45) is -3.67. The Morgan fingerprint density at radius 2 is 2.00 bits per heavy atom. The van der Waals surface area contributed by atoms with Crippen LogP contribution in [0.5, 0.6) is 5.75 Å². The Morgan fingerprint density at radius 3 is 2.70 bits per heavy atom. The molecule has 1 unspecified atom stereocenters. The van der Waals surface area contributed by atoms with Crippen LogP contribution in [0.4, 0.5) is 23.2 Å². The molecule has 1 saturated heterocycles. The number of nitrogens with one attached hydrogen (secondary N) is 1. The maximum absolute atomic E-state index is 14.9. The topological polar surface area (TPSA) is 77.9 Å². The minimum absolute atomic E-state index is 0.0162. The zero-order valence-electron chi connectivity index (χ0n) is 24.5. The molecule has 2 heterocycles. The van der Waals surface area contributed by atoms with E-state index in [4.69, 9.17) is 6.85 Å². The van der Waals surface area contributed by atoms with Gasteiger partial charge in [-0.1, -0.05) is 30.3 Å². The second-order valence-corrected chi connectivity index (χ2v) is 8.76. The summed E-state index contributed by atoms with van der Waals surface area (Å²) < 4.78 is 98.4. The third kappa shape index (κ3) is 6.03. The molecule has 0 saturated carbocycles. The average molecular weight is 525 g/mol. The molecule has 1 aliphatic rings. The van der Waals surface area contributed by atoms with Gasteiger partial charge in [-0.25, -0.2) is 17.6 Å². The van der Waals surface area contributed by atoms with E-state index in [1.54, 1.807) is 0 Å². The van der Waals surface area contributed by atoms with Crippen molar-refractivity contribution >= 4 is 5.69 Å². The lowest BCUT2D eigenvalue weighted by Crippen LogP contribution is -2.55. The summed E-state index contributed by atoms with van der Waals surface area (Å²) in [5.41, 5.74) is -0.203. The van der Waals surface area contributed by atoms with Crippen molar-refractivity contribution in [1.29, 1.82) is 0 Å². The van der Waals surface area contributed by atoms with E-state index in [9.17, 15) is 27.8 Å². The summed E-state index contributed by atoms with van der Waals surface area (Å²) in [4.78, 5) is 5.60. The number of pyridine rings is 1. The zero-order valence-corrected chi connectivity index (χ0v) is 19.5. The molecule has 37 heavy (non-hydrogen) atoms. The van der Waals surface area contributed by atoms with E-state index in [1.165, 1.54) is 4.90 Å². The number of rotatable bonds is 9. The maximum atomic E-state index is 14.9. The van der Waals surface area contributed by atoms with E-state index < -0.39 is 66.6 Å². The smallest absolute Gasteiger partial charge is 0.264 e.